The maximum absolute atomic E-state index is 12.1. The third kappa shape index (κ3) is 3.68. The molecular weight excluding hydrogens is 380 g/mol. The Morgan fingerprint density at radius 3 is 2.91 bits per heavy atom. The molecule has 1 atom stereocenters. The van der Waals surface area contributed by atoms with Crippen LogP contribution < -0.4 is 5.56 Å². The first kappa shape index (κ1) is 15.9. The van der Waals surface area contributed by atoms with Crippen LogP contribution in [0, 0.1) is 0 Å². The van der Waals surface area contributed by atoms with E-state index < -0.39 is 12.1 Å². The maximum atomic E-state index is 12.1. The van der Waals surface area contributed by atoms with Gasteiger partial charge in [-0.05, 0) is 41.1 Å². The van der Waals surface area contributed by atoms with Crippen LogP contribution in [0.15, 0.2) is 51.9 Å². The molecule has 1 aromatic carbocycles. The number of carbonyl (C=O) groups excluding carboxylic acids is 1. The van der Waals surface area contributed by atoms with E-state index in [1.54, 1.807) is 19.2 Å². The number of carbonyl (C=O) groups is 1. The van der Waals surface area contributed by atoms with Gasteiger partial charge in [-0.1, -0.05) is 12.1 Å². The molecule has 0 fully saturated rings. The zero-order chi connectivity index (χ0) is 16.4. The summed E-state index contributed by atoms with van der Waals surface area (Å²) >= 11 is 4.77. The molecule has 0 saturated heterocycles. The highest BCUT2D eigenvalue weighted by Crippen LogP contribution is 2.27. The number of hydrogen-bond donors (Lipinski definition) is 0. The van der Waals surface area contributed by atoms with Crippen LogP contribution in [-0.2, 0) is 16.1 Å². The van der Waals surface area contributed by atoms with Crippen molar-refractivity contribution in [3.05, 3.63) is 62.4 Å². The monoisotopic (exact) mass is 392 g/mol. The standard InChI is InChI=1S/C16H13BrN2O3S/c1-10(16-18-12-4-2-3-5-13(12)23-16)22-15(21)9-19-8-11(17)6-7-14(19)20/h2-8,10H,9H2,1H3. The lowest BCUT2D eigenvalue weighted by atomic mass is 10.3. The zero-order valence-corrected chi connectivity index (χ0v) is 14.6. The predicted octanol–water partition coefficient (Wildman–Crippen LogP) is 3.52. The van der Waals surface area contributed by atoms with E-state index in [1.807, 2.05) is 24.3 Å². The second-order valence-electron chi connectivity index (χ2n) is 4.97. The number of pyridine rings is 1. The van der Waals surface area contributed by atoms with Gasteiger partial charge in [-0.15, -0.1) is 11.3 Å². The van der Waals surface area contributed by atoms with Gasteiger partial charge in [0.05, 0.1) is 10.2 Å². The van der Waals surface area contributed by atoms with E-state index in [0.29, 0.717) is 0 Å². The van der Waals surface area contributed by atoms with Crippen molar-refractivity contribution in [1.82, 2.24) is 9.55 Å². The summed E-state index contributed by atoms with van der Waals surface area (Å²) in [6.07, 6.45) is 1.11. The molecule has 23 heavy (non-hydrogen) atoms. The SMILES string of the molecule is CC(OC(=O)Cn1cc(Br)ccc1=O)c1nc2ccccc2s1. The summed E-state index contributed by atoms with van der Waals surface area (Å²) in [5.74, 6) is -0.475. The Bertz CT molecular complexity index is 886. The van der Waals surface area contributed by atoms with Gasteiger partial charge in [0, 0.05) is 16.7 Å². The number of fused-ring (bicyclic) bond motifs is 1. The minimum Gasteiger partial charge on any atom is -0.454 e. The Kier molecular flexibility index (Phi) is 4.58. The minimum atomic E-state index is -0.475. The first-order valence-electron chi connectivity index (χ1n) is 6.94. The minimum absolute atomic E-state index is 0.131. The number of benzene rings is 1. The molecule has 0 aliphatic rings. The van der Waals surface area contributed by atoms with Crippen LogP contribution in [0.5, 0.6) is 0 Å². The molecule has 3 rings (SSSR count). The molecule has 2 aromatic heterocycles. The van der Waals surface area contributed by atoms with Crippen LogP contribution in [-0.4, -0.2) is 15.5 Å². The molecule has 1 unspecified atom stereocenters. The molecule has 0 aliphatic carbocycles. The van der Waals surface area contributed by atoms with Crippen LogP contribution >= 0.6 is 27.3 Å². The second kappa shape index (κ2) is 6.64. The van der Waals surface area contributed by atoms with E-state index in [4.69, 9.17) is 4.74 Å². The Morgan fingerprint density at radius 1 is 1.35 bits per heavy atom. The number of esters is 1. The molecule has 0 spiro atoms. The summed E-state index contributed by atoms with van der Waals surface area (Å²) < 4.78 is 8.48. The summed E-state index contributed by atoms with van der Waals surface area (Å²) in [6, 6.07) is 10.8. The summed E-state index contributed by atoms with van der Waals surface area (Å²) in [4.78, 5) is 28.2. The predicted molar refractivity (Wildman–Crippen MR) is 92.5 cm³/mol. The molecule has 0 bridgehead atoms. The van der Waals surface area contributed by atoms with Gasteiger partial charge in [-0.2, -0.15) is 0 Å². The van der Waals surface area contributed by atoms with E-state index in [2.05, 4.69) is 20.9 Å². The number of thiazole rings is 1. The van der Waals surface area contributed by atoms with Gasteiger partial charge in [-0.3, -0.25) is 9.59 Å². The molecule has 7 heteroatoms. The number of halogens is 1. The van der Waals surface area contributed by atoms with Crippen molar-refractivity contribution < 1.29 is 9.53 Å². The van der Waals surface area contributed by atoms with E-state index >= 15 is 0 Å². The Labute approximate surface area is 144 Å². The quantitative estimate of drug-likeness (QED) is 0.637. The summed E-state index contributed by atoms with van der Waals surface area (Å²) in [5, 5.41) is 0.737. The van der Waals surface area contributed by atoms with Gasteiger partial charge >= 0.3 is 5.97 Å². The number of hydrogen-bond acceptors (Lipinski definition) is 5. The molecular formula is C16H13BrN2O3S. The van der Waals surface area contributed by atoms with Gasteiger partial charge in [0.15, 0.2) is 6.10 Å². The molecule has 0 N–H and O–H groups in total. The number of aromatic nitrogens is 2. The highest BCUT2D eigenvalue weighted by atomic mass is 79.9. The Hall–Kier alpha value is -1.99. The summed E-state index contributed by atoms with van der Waals surface area (Å²) in [6.45, 7) is 1.65. The Morgan fingerprint density at radius 2 is 2.13 bits per heavy atom. The largest absolute Gasteiger partial charge is 0.454 e. The molecule has 0 aliphatic heterocycles. The van der Waals surface area contributed by atoms with Crippen LogP contribution in [0.1, 0.15) is 18.0 Å². The van der Waals surface area contributed by atoms with Crippen LogP contribution in [0.25, 0.3) is 10.2 Å². The van der Waals surface area contributed by atoms with E-state index in [0.717, 1.165) is 19.7 Å². The first-order chi connectivity index (χ1) is 11.0. The zero-order valence-electron chi connectivity index (χ0n) is 12.2. The second-order valence-corrected chi connectivity index (χ2v) is 6.94. The number of para-hydroxylation sites is 1. The molecule has 3 aromatic rings. The summed E-state index contributed by atoms with van der Waals surface area (Å²) in [5.41, 5.74) is 0.636. The van der Waals surface area contributed by atoms with Crippen molar-refractivity contribution in [2.24, 2.45) is 0 Å². The number of ether oxygens (including phenoxy) is 1. The lowest BCUT2D eigenvalue weighted by Gasteiger charge is -2.11. The smallest absolute Gasteiger partial charge is 0.326 e. The van der Waals surface area contributed by atoms with Crippen molar-refractivity contribution in [2.75, 3.05) is 0 Å². The molecule has 0 saturated carbocycles. The fraction of sp³-hybridized carbons (Fsp3) is 0.188. The van der Waals surface area contributed by atoms with Crippen molar-refractivity contribution in [3.8, 4) is 0 Å². The lowest BCUT2D eigenvalue weighted by Crippen LogP contribution is -2.24. The molecule has 118 valence electrons. The van der Waals surface area contributed by atoms with Crippen molar-refractivity contribution in [2.45, 2.75) is 19.6 Å². The van der Waals surface area contributed by atoms with E-state index in [1.165, 1.54) is 22.0 Å². The van der Waals surface area contributed by atoms with Gasteiger partial charge in [-0.25, -0.2) is 4.98 Å². The molecule has 0 radical (unpaired) electrons. The average Bonchev–Trinajstić information content (AvgIpc) is 2.95. The fourth-order valence-corrected chi connectivity index (χ4v) is 3.44. The first-order valence-corrected chi connectivity index (χ1v) is 8.55. The highest BCUT2D eigenvalue weighted by molar-refractivity contribution is 9.10. The van der Waals surface area contributed by atoms with Crippen LogP contribution in [0.2, 0.25) is 0 Å². The van der Waals surface area contributed by atoms with Gasteiger partial charge in [0.25, 0.3) is 5.56 Å². The number of rotatable bonds is 4. The van der Waals surface area contributed by atoms with Crippen molar-refractivity contribution in [1.29, 1.82) is 0 Å². The lowest BCUT2D eigenvalue weighted by molar-refractivity contribution is -0.149. The summed E-state index contributed by atoms with van der Waals surface area (Å²) in [7, 11) is 0. The van der Waals surface area contributed by atoms with E-state index in [9.17, 15) is 9.59 Å². The third-order valence-electron chi connectivity index (χ3n) is 3.21. The van der Waals surface area contributed by atoms with Gasteiger partial charge in [0.1, 0.15) is 11.6 Å². The Balaban J connectivity index is 1.71. The number of nitrogens with zero attached hydrogens (tertiary/aromatic N) is 2. The van der Waals surface area contributed by atoms with Crippen LogP contribution in [0.4, 0.5) is 0 Å². The normalized spacial score (nSPS) is 12.3. The highest BCUT2D eigenvalue weighted by Gasteiger charge is 2.16. The molecule has 2 heterocycles. The van der Waals surface area contributed by atoms with E-state index in [-0.39, 0.29) is 12.1 Å². The third-order valence-corrected chi connectivity index (χ3v) is 4.88. The van der Waals surface area contributed by atoms with Gasteiger partial charge in [0.2, 0.25) is 0 Å². The van der Waals surface area contributed by atoms with Crippen molar-refractivity contribution in [3.63, 3.8) is 0 Å². The fourth-order valence-electron chi connectivity index (χ4n) is 2.11. The van der Waals surface area contributed by atoms with Crippen LogP contribution in [0.3, 0.4) is 0 Å². The molecule has 5 nitrogen and oxygen atoms in total. The van der Waals surface area contributed by atoms with Gasteiger partial charge < -0.3 is 9.30 Å². The van der Waals surface area contributed by atoms with Crippen molar-refractivity contribution >= 4 is 43.5 Å². The maximum Gasteiger partial charge on any atom is 0.326 e. The average molecular weight is 393 g/mol. The molecule has 0 amide bonds. The topological polar surface area (TPSA) is 61.2 Å².